The number of hydrogen-bond acceptors (Lipinski definition) is 4. The molecule has 0 aliphatic heterocycles. The van der Waals surface area contributed by atoms with Gasteiger partial charge in [-0.1, -0.05) is 23.7 Å². The summed E-state index contributed by atoms with van der Waals surface area (Å²) in [5, 5.41) is 11.5. The quantitative estimate of drug-likeness (QED) is 0.798. The molecule has 112 valence electrons. The number of anilines is 1. The molecule has 8 heteroatoms. The van der Waals surface area contributed by atoms with E-state index >= 15 is 0 Å². The van der Waals surface area contributed by atoms with E-state index in [1.54, 1.807) is 30.3 Å². The van der Waals surface area contributed by atoms with Crippen LogP contribution in [0.25, 0.3) is 0 Å². The summed E-state index contributed by atoms with van der Waals surface area (Å²) in [5.41, 5.74) is 1.44. The predicted octanol–water partition coefficient (Wildman–Crippen LogP) is 1.97. The van der Waals surface area contributed by atoms with Crippen LogP contribution in [0.1, 0.15) is 16.1 Å². The zero-order valence-corrected chi connectivity index (χ0v) is 12.5. The van der Waals surface area contributed by atoms with Crippen LogP contribution in [0.4, 0.5) is 5.95 Å². The number of benzene rings is 1. The second kappa shape index (κ2) is 5.98. The molecule has 3 rings (SSSR count). The second-order valence-corrected chi connectivity index (χ2v) is 5.13. The van der Waals surface area contributed by atoms with E-state index in [4.69, 9.17) is 11.6 Å². The summed E-state index contributed by atoms with van der Waals surface area (Å²) < 4.78 is 3.11. The Balaban J connectivity index is 1.69. The van der Waals surface area contributed by atoms with Gasteiger partial charge in [-0.05, 0) is 23.8 Å². The number of hydrogen-bond donors (Lipinski definition) is 1. The number of rotatable bonds is 4. The van der Waals surface area contributed by atoms with Crippen LogP contribution >= 0.6 is 11.6 Å². The van der Waals surface area contributed by atoms with Gasteiger partial charge in [0.1, 0.15) is 12.0 Å². The average Bonchev–Trinajstić information content (AvgIpc) is 3.08. The number of halogens is 1. The zero-order valence-electron chi connectivity index (χ0n) is 11.8. The van der Waals surface area contributed by atoms with Crippen molar-refractivity contribution in [3.05, 3.63) is 59.1 Å². The number of amides is 1. The number of aromatic nitrogens is 5. The number of nitrogens with one attached hydrogen (secondary N) is 1. The Morgan fingerprint density at radius 3 is 2.95 bits per heavy atom. The molecule has 7 nitrogen and oxygen atoms in total. The molecule has 0 radical (unpaired) electrons. The van der Waals surface area contributed by atoms with Gasteiger partial charge in [-0.15, -0.1) is 5.10 Å². The SMILES string of the molecule is Cn1nccc1C(=O)Nc1ncn(Cc2cccc(Cl)c2)n1. The summed E-state index contributed by atoms with van der Waals surface area (Å²) >= 11 is 5.95. The topological polar surface area (TPSA) is 77.6 Å². The van der Waals surface area contributed by atoms with Gasteiger partial charge in [0.25, 0.3) is 5.91 Å². The van der Waals surface area contributed by atoms with E-state index < -0.39 is 0 Å². The maximum Gasteiger partial charge on any atom is 0.276 e. The molecule has 0 bridgehead atoms. The first-order valence-corrected chi connectivity index (χ1v) is 6.93. The Morgan fingerprint density at radius 1 is 1.36 bits per heavy atom. The molecule has 3 aromatic rings. The average molecular weight is 317 g/mol. The molecule has 1 N–H and O–H groups in total. The minimum absolute atomic E-state index is 0.244. The van der Waals surface area contributed by atoms with Gasteiger partial charge in [-0.3, -0.25) is 14.8 Å². The third kappa shape index (κ3) is 3.15. The van der Waals surface area contributed by atoms with Crippen LogP contribution in [0.5, 0.6) is 0 Å². The Kier molecular flexibility index (Phi) is 3.88. The van der Waals surface area contributed by atoms with Gasteiger partial charge in [-0.2, -0.15) is 5.10 Å². The lowest BCUT2D eigenvalue weighted by atomic mass is 10.2. The maximum atomic E-state index is 12.0. The molecule has 0 aliphatic carbocycles. The van der Waals surface area contributed by atoms with E-state index in [-0.39, 0.29) is 11.9 Å². The molecule has 1 amide bonds. The van der Waals surface area contributed by atoms with E-state index in [2.05, 4.69) is 20.5 Å². The lowest BCUT2D eigenvalue weighted by molar-refractivity contribution is 0.101. The predicted molar refractivity (Wildman–Crippen MR) is 81.7 cm³/mol. The van der Waals surface area contributed by atoms with Gasteiger partial charge in [-0.25, -0.2) is 9.67 Å². The molecular formula is C14H13ClN6O. The van der Waals surface area contributed by atoms with Crippen molar-refractivity contribution in [3.8, 4) is 0 Å². The fourth-order valence-electron chi connectivity index (χ4n) is 2.01. The highest BCUT2D eigenvalue weighted by Crippen LogP contribution is 2.12. The third-order valence-corrected chi connectivity index (χ3v) is 3.28. The van der Waals surface area contributed by atoms with Crippen LogP contribution in [-0.2, 0) is 13.6 Å². The summed E-state index contributed by atoms with van der Waals surface area (Å²) in [4.78, 5) is 16.1. The zero-order chi connectivity index (χ0) is 15.5. The largest absolute Gasteiger partial charge is 0.288 e. The minimum Gasteiger partial charge on any atom is -0.288 e. The lowest BCUT2D eigenvalue weighted by Crippen LogP contribution is -2.17. The summed E-state index contributed by atoms with van der Waals surface area (Å²) in [7, 11) is 1.69. The molecule has 0 saturated heterocycles. The van der Waals surface area contributed by atoms with E-state index in [1.165, 1.54) is 4.68 Å². The molecule has 1 aromatic carbocycles. The molecule has 0 atom stereocenters. The first-order valence-electron chi connectivity index (χ1n) is 6.55. The monoisotopic (exact) mass is 316 g/mol. The minimum atomic E-state index is -0.305. The van der Waals surface area contributed by atoms with Crippen LogP contribution in [0, 0.1) is 0 Å². The smallest absolute Gasteiger partial charge is 0.276 e. The number of aryl methyl sites for hydroxylation is 1. The highest BCUT2D eigenvalue weighted by molar-refractivity contribution is 6.30. The van der Waals surface area contributed by atoms with Crippen LogP contribution in [-0.4, -0.2) is 30.5 Å². The van der Waals surface area contributed by atoms with Crippen molar-refractivity contribution in [2.75, 3.05) is 5.32 Å². The van der Waals surface area contributed by atoms with Gasteiger partial charge in [0.15, 0.2) is 0 Å². The molecular weight excluding hydrogens is 304 g/mol. The highest BCUT2D eigenvalue weighted by atomic mass is 35.5. The molecule has 22 heavy (non-hydrogen) atoms. The van der Waals surface area contributed by atoms with Crippen molar-refractivity contribution >= 4 is 23.5 Å². The van der Waals surface area contributed by atoms with E-state index in [0.29, 0.717) is 17.3 Å². The van der Waals surface area contributed by atoms with E-state index in [9.17, 15) is 4.79 Å². The van der Waals surface area contributed by atoms with Gasteiger partial charge in [0.2, 0.25) is 5.95 Å². The highest BCUT2D eigenvalue weighted by Gasteiger charge is 2.12. The summed E-state index contributed by atoms with van der Waals surface area (Å²) in [6.45, 7) is 0.523. The Labute approximate surface area is 131 Å². The summed E-state index contributed by atoms with van der Waals surface area (Å²) in [6.07, 6.45) is 3.11. The number of carbonyl (C=O) groups is 1. The number of nitrogens with zero attached hydrogens (tertiary/aromatic N) is 5. The van der Waals surface area contributed by atoms with Gasteiger partial charge >= 0.3 is 0 Å². The summed E-state index contributed by atoms with van der Waals surface area (Å²) in [5.74, 6) is -0.0614. The van der Waals surface area contributed by atoms with E-state index in [0.717, 1.165) is 5.56 Å². The van der Waals surface area contributed by atoms with Gasteiger partial charge < -0.3 is 0 Å². The van der Waals surface area contributed by atoms with Crippen molar-refractivity contribution < 1.29 is 4.79 Å². The van der Waals surface area contributed by atoms with Crippen LogP contribution in [0.3, 0.4) is 0 Å². The van der Waals surface area contributed by atoms with Gasteiger partial charge in [0.05, 0.1) is 6.54 Å². The van der Waals surface area contributed by atoms with Crippen molar-refractivity contribution in [1.82, 2.24) is 24.5 Å². The van der Waals surface area contributed by atoms with Crippen LogP contribution < -0.4 is 5.32 Å². The Morgan fingerprint density at radius 2 is 2.23 bits per heavy atom. The summed E-state index contributed by atoms with van der Waals surface area (Å²) in [6, 6.07) is 9.11. The molecule has 0 aliphatic rings. The van der Waals surface area contributed by atoms with Crippen LogP contribution in [0.15, 0.2) is 42.9 Å². The molecule has 0 spiro atoms. The van der Waals surface area contributed by atoms with Crippen LogP contribution in [0.2, 0.25) is 5.02 Å². The van der Waals surface area contributed by atoms with Crippen molar-refractivity contribution in [1.29, 1.82) is 0 Å². The van der Waals surface area contributed by atoms with E-state index in [1.807, 2.05) is 24.3 Å². The molecule has 2 aromatic heterocycles. The first-order chi connectivity index (χ1) is 10.6. The normalized spacial score (nSPS) is 10.6. The fraction of sp³-hybridized carbons (Fsp3) is 0.143. The Bertz CT molecular complexity index is 809. The molecule has 0 unspecified atom stereocenters. The van der Waals surface area contributed by atoms with Crippen molar-refractivity contribution in [2.45, 2.75) is 6.54 Å². The fourth-order valence-corrected chi connectivity index (χ4v) is 2.23. The maximum absolute atomic E-state index is 12.0. The third-order valence-electron chi connectivity index (χ3n) is 3.05. The number of carbonyl (C=O) groups excluding carboxylic acids is 1. The van der Waals surface area contributed by atoms with Crippen molar-refractivity contribution in [3.63, 3.8) is 0 Å². The molecule has 2 heterocycles. The van der Waals surface area contributed by atoms with Gasteiger partial charge in [0, 0.05) is 18.3 Å². The molecule has 0 fully saturated rings. The second-order valence-electron chi connectivity index (χ2n) is 4.69. The Hall–Kier alpha value is -2.67. The lowest BCUT2D eigenvalue weighted by Gasteiger charge is -2.02. The van der Waals surface area contributed by atoms with Crippen molar-refractivity contribution in [2.24, 2.45) is 7.05 Å². The standard InChI is InChI=1S/C14H13ClN6O/c1-20-12(5-6-17-20)13(22)18-14-16-9-21(19-14)8-10-3-2-4-11(15)7-10/h2-7,9H,8H2,1H3,(H,18,19,22). The molecule has 0 saturated carbocycles. The first kappa shape index (κ1) is 14.3.